The van der Waals surface area contributed by atoms with Crippen molar-refractivity contribution in [2.24, 2.45) is 0 Å². The molecule has 28 heavy (non-hydrogen) atoms. The lowest BCUT2D eigenvalue weighted by Gasteiger charge is -2.03. The lowest BCUT2D eigenvalue weighted by Crippen LogP contribution is -3.00. The van der Waals surface area contributed by atoms with Crippen LogP contribution in [0.2, 0.25) is 0 Å². The van der Waals surface area contributed by atoms with Gasteiger partial charge in [0.1, 0.15) is 0 Å². The van der Waals surface area contributed by atoms with Gasteiger partial charge in [0.25, 0.3) is 5.69 Å². The zero-order valence-corrected chi connectivity index (χ0v) is 16.7. The fourth-order valence-corrected chi connectivity index (χ4v) is 2.61. The van der Waals surface area contributed by atoms with Crippen molar-refractivity contribution in [1.29, 1.82) is 0 Å². The van der Waals surface area contributed by atoms with Crippen molar-refractivity contribution < 1.29 is 36.3 Å². The molecule has 1 heterocycles. The number of pyridine rings is 1. The molecule has 0 radical (unpaired) electrons. The number of halogens is 1. The number of ether oxygens (including phenoxy) is 1. The van der Waals surface area contributed by atoms with Gasteiger partial charge in [-0.1, -0.05) is 18.2 Å². The number of methoxy groups -OCH3 is 1. The van der Waals surface area contributed by atoms with Gasteiger partial charge in [-0.25, -0.2) is 4.57 Å². The first-order valence-corrected chi connectivity index (χ1v) is 8.33. The molecule has 0 atom stereocenters. The molecule has 0 unspecified atom stereocenters. The molecule has 3 aromatic rings. The number of benzene rings is 2. The fourth-order valence-electron chi connectivity index (χ4n) is 2.61. The number of phenolic OH excluding ortho intramolecular Hbond substituents is 1. The highest BCUT2D eigenvalue weighted by Gasteiger charge is 2.07. The van der Waals surface area contributed by atoms with Crippen LogP contribution in [0, 0.1) is 10.1 Å². The Labute approximate surface area is 173 Å². The number of phenols is 1. The minimum atomic E-state index is -0.401. The standard InChI is InChI=1S/C21H18N2O4.BrH/c1-27-21-14-17(6-9-20(21)24)3-2-16-10-12-22(13-11-16)15-18-4-7-19(8-5-18)23(25)26;/h2-14H,15H2,1H3;1H. The Balaban J connectivity index is 0.00000280. The second-order valence-electron chi connectivity index (χ2n) is 5.99. The molecule has 2 aromatic carbocycles. The van der Waals surface area contributed by atoms with Gasteiger partial charge >= 0.3 is 0 Å². The summed E-state index contributed by atoms with van der Waals surface area (Å²) < 4.78 is 7.11. The van der Waals surface area contributed by atoms with Gasteiger partial charge < -0.3 is 26.8 Å². The Morgan fingerprint density at radius 2 is 1.68 bits per heavy atom. The molecule has 6 nitrogen and oxygen atoms in total. The Morgan fingerprint density at radius 3 is 2.29 bits per heavy atom. The van der Waals surface area contributed by atoms with Crippen LogP contribution in [0.15, 0.2) is 67.0 Å². The van der Waals surface area contributed by atoms with Crippen molar-refractivity contribution in [2.45, 2.75) is 6.54 Å². The number of nitro groups is 1. The molecule has 144 valence electrons. The summed E-state index contributed by atoms with van der Waals surface area (Å²) in [5.41, 5.74) is 3.04. The van der Waals surface area contributed by atoms with Crippen LogP contribution in [0.25, 0.3) is 12.2 Å². The van der Waals surface area contributed by atoms with Crippen molar-refractivity contribution in [3.8, 4) is 11.5 Å². The summed E-state index contributed by atoms with van der Waals surface area (Å²) in [6.45, 7) is 0.636. The van der Waals surface area contributed by atoms with Gasteiger partial charge in [0.2, 0.25) is 0 Å². The van der Waals surface area contributed by atoms with Crippen LogP contribution >= 0.6 is 0 Å². The SMILES string of the molecule is COc1cc(/C=C/c2cc[n+](Cc3ccc([N+](=O)[O-])cc3)cc2)ccc1O.[Br-]. The van der Waals surface area contributed by atoms with E-state index in [1.807, 2.05) is 47.3 Å². The number of non-ortho nitro benzene ring substituents is 1. The maximum absolute atomic E-state index is 10.7. The zero-order chi connectivity index (χ0) is 19.2. The largest absolute Gasteiger partial charge is 1.00 e. The molecule has 1 aromatic heterocycles. The van der Waals surface area contributed by atoms with E-state index in [0.29, 0.717) is 12.3 Å². The lowest BCUT2D eigenvalue weighted by molar-refractivity contribution is -0.688. The van der Waals surface area contributed by atoms with Gasteiger partial charge in [-0.2, -0.15) is 0 Å². The van der Waals surface area contributed by atoms with E-state index in [2.05, 4.69) is 0 Å². The summed E-state index contributed by atoms with van der Waals surface area (Å²) in [7, 11) is 1.52. The number of nitrogens with zero attached hydrogens (tertiary/aromatic N) is 2. The first-order chi connectivity index (χ1) is 13.0. The molecule has 0 spiro atoms. The Hall–Kier alpha value is -3.19. The third kappa shape index (κ3) is 5.40. The molecule has 0 bridgehead atoms. The number of rotatable bonds is 6. The molecule has 3 rings (SSSR count). The molecule has 7 heteroatoms. The normalized spacial score (nSPS) is 10.5. The Morgan fingerprint density at radius 1 is 1.04 bits per heavy atom. The van der Waals surface area contributed by atoms with Crippen LogP contribution in [-0.2, 0) is 6.54 Å². The minimum absolute atomic E-state index is 0. The van der Waals surface area contributed by atoms with E-state index in [0.717, 1.165) is 16.7 Å². The molecular formula is C21H19BrN2O4. The third-order valence-electron chi connectivity index (χ3n) is 4.10. The monoisotopic (exact) mass is 442 g/mol. The van der Waals surface area contributed by atoms with Crippen molar-refractivity contribution in [1.82, 2.24) is 0 Å². The molecule has 0 fully saturated rings. The fraction of sp³-hybridized carbons (Fsp3) is 0.0952. The molecule has 0 saturated heterocycles. The molecule has 0 aliphatic rings. The van der Waals surface area contributed by atoms with E-state index in [9.17, 15) is 15.2 Å². The Bertz CT molecular complexity index is 971. The summed E-state index contributed by atoms with van der Waals surface area (Å²) >= 11 is 0. The van der Waals surface area contributed by atoms with Crippen LogP contribution in [0.4, 0.5) is 5.69 Å². The average molecular weight is 443 g/mol. The maximum Gasteiger partial charge on any atom is 0.269 e. The van der Waals surface area contributed by atoms with Crippen LogP contribution < -0.4 is 26.3 Å². The Kier molecular flexibility index (Phi) is 7.28. The third-order valence-corrected chi connectivity index (χ3v) is 4.10. The van der Waals surface area contributed by atoms with E-state index in [4.69, 9.17) is 4.74 Å². The topological polar surface area (TPSA) is 76.5 Å². The van der Waals surface area contributed by atoms with Gasteiger partial charge in [-0.15, -0.1) is 0 Å². The molecular weight excluding hydrogens is 424 g/mol. The number of nitro benzene ring substituents is 1. The van der Waals surface area contributed by atoms with E-state index in [-0.39, 0.29) is 28.4 Å². The predicted octanol–water partition coefficient (Wildman–Crippen LogP) is 0.819. The lowest BCUT2D eigenvalue weighted by atomic mass is 10.1. The van der Waals surface area contributed by atoms with Crippen LogP contribution in [-0.4, -0.2) is 17.1 Å². The molecule has 0 saturated carbocycles. The van der Waals surface area contributed by atoms with Gasteiger partial charge in [0.15, 0.2) is 30.4 Å². The highest BCUT2D eigenvalue weighted by molar-refractivity contribution is 5.70. The second-order valence-corrected chi connectivity index (χ2v) is 5.99. The summed E-state index contributed by atoms with van der Waals surface area (Å²) in [6, 6.07) is 15.7. The van der Waals surface area contributed by atoms with Gasteiger partial charge in [-0.05, 0) is 35.4 Å². The smallest absolute Gasteiger partial charge is 0.269 e. The number of aromatic nitrogens is 1. The molecule has 0 amide bonds. The van der Waals surface area contributed by atoms with Crippen LogP contribution in [0.3, 0.4) is 0 Å². The van der Waals surface area contributed by atoms with E-state index < -0.39 is 4.92 Å². The van der Waals surface area contributed by atoms with Gasteiger partial charge in [0, 0.05) is 29.8 Å². The second kappa shape index (κ2) is 9.66. The highest BCUT2D eigenvalue weighted by atomic mass is 79.9. The number of hydrogen-bond acceptors (Lipinski definition) is 4. The zero-order valence-electron chi connectivity index (χ0n) is 15.2. The summed E-state index contributed by atoms with van der Waals surface area (Å²) in [5.74, 6) is 0.549. The van der Waals surface area contributed by atoms with Crippen LogP contribution in [0.5, 0.6) is 11.5 Å². The quantitative estimate of drug-likeness (QED) is 0.348. The molecule has 0 aliphatic carbocycles. The van der Waals surface area contributed by atoms with E-state index in [1.54, 1.807) is 24.3 Å². The van der Waals surface area contributed by atoms with E-state index in [1.165, 1.54) is 19.2 Å². The van der Waals surface area contributed by atoms with E-state index >= 15 is 0 Å². The first-order valence-electron chi connectivity index (χ1n) is 8.33. The summed E-state index contributed by atoms with van der Waals surface area (Å²) in [6.07, 6.45) is 7.83. The highest BCUT2D eigenvalue weighted by Crippen LogP contribution is 2.27. The summed E-state index contributed by atoms with van der Waals surface area (Å²) in [5, 5.41) is 20.3. The predicted molar refractivity (Wildman–Crippen MR) is 102 cm³/mol. The minimum Gasteiger partial charge on any atom is -1.00 e. The van der Waals surface area contributed by atoms with Gasteiger partial charge in [-0.3, -0.25) is 10.1 Å². The molecule has 0 aliphatic heterocycles. The van der Waals surface area contributed by atoms with Crippen molar-refractivity contribution in [3.05, 3.63) is 93.8 Å². The van der Waals surface area contributed by atoms with Crippen molar-refractivity contribution >= 4 is 17.8 Å². The number of aromatic hydroxyl groups is 1. The summed E-state index contributed by atoms with van der Waals surface area (Å²) in [4.78, 5) is 10.3. The van der Waals surface area contributed by atoms with Gasteiger partial charge in [0.05, 0.1) is 12.0 Å². The average Bonchev–Trinajstić information content (AvgIpc) is 2.69. The van der Waals surface area contributed by atoms with Crippen LogP contribution in [0.1, 0.15) is 16.7 Å². The maximum atomic E-state index is 10.7. The number of hydrogen-bond donors (Lipinski definition) is 1. The van der Waals surface area contributed by atoms with Crippen molar-refractivity contribution in [3.63, 3.8) is 0 Å². The first kappa shape index (κ1) is 21.1. The molecule has 1 N–H and O–H groups in total. The van der Waals surface area contributed by atoms with Crippen molar-refractivity contribution in [2.75, 3.05) is 7.11 Å².